The summed E-state index contributed by atoms with van der Waals surface area (Å²) in [5.74, 6) is -1.78. The SMILES string of the molecule is CC[C@@H](C)NC(=O)NC(=O)COC(=O)c1cccc(C)c1O. The lowest BCUT2D eigenvalue weighted by atomic mass is 10.1. The highest BCUT2D eigenvalue weighted by atomic mass is 16.5. The van der Waals surface area contributed by atoms with Gasteiger partial charge in [0.05, 0.1) is 0 Å². The van der Waals surface area contributed by atoms with E-state index in [9.17, 15) is 19.5 Å². The molecule has 0 fully saturated rings. The Hall–Kier alpha value is -2.57. The number of rotatable bonds is 5. The first-order valence-corrected chi connectivity index (χ1v) is 6.91. The predicted molar refractivity (Wildman–Crippen MR) is 79.6 cm³/mol. The topological polar surface area (TPSA) is 105 Å². The third-order valence-electron chi connectivity index (χ3n) is 3.03. The number of aromatic hydroxyl groups is 1. The smallest absolute Gasteiger partial charge is 0.342 e. The first kappa shape index (κ1) is 17.5. The highest BCUT2D eigenvalue weighted by Crippen LogP contribution is 2.21. The predicted octanol–water partition coefficient (Wildman–Crippen LogP) is 1.48. The summed E-state index contributed by atoms with van der Waals surface area (Å²) in [6.07, 6.45) is 0.725. The molecule has 7 nitrogen and oxygen atoms in total. The number of urea groups is 1. The molecule has 3 N–H and O–H groups in total. The van der Waals surface area contributed by atoms with Gasteiger partial charge in [0.2, 0.25) is 0 Å². The maximum Gasteiger partial charge on any atom is 0.342 e. The van der Waals surface area contributed by atoms with Crippen LogP contribution in [0.1, 0.15) is 36.2 Å². The zero-order valence-electron chi connectivity index (χ0n) is 12.8. The molecular weight excluding hydrogens is 288 g/mol. The fourth-order valence-electron chi connectivity index (χ4n) is 1.56. The molecule has 0 bridgehead atoms. The van der Waals surface area contributed by atoms with Crippen molar-refractivity contribution >= 4 is 17.9 Å². The van der Waals surface area contributed by atoms with E-state index in [0.29, 0.717) is 5.56 Å². The number of ether oxygens (including phenoxy) is 1. The van der Waals surface area contributed by atoms with Crippen LogP contribution < -0.4 is 10.6 Å². The molecule has 3 amide bonds. The summed E-state index contributed by atoms with van der Waals surface area (Å²) in [5.41, 5.74) is 0.490. The molecule has 0 saturated carbocycles. The summed E-state index contributed by atoms with van der Waals surface area (Å²) in [6.45, 7) is 4.71. The van der Waals surface area contributed by atoms with Crippen LogP contribution in [0.25, 0.3) is 0 Å². The van der Waals surface area contributed by atoms with E-state index in [2.05, 4.69) is 5.32 Å². The molecule has 120 valence electrons. The van der Waals surface area contributed by atoms with Gasteiger partial charge in [-0.15, -0.1) is 0 Å². The first-order chi connectivity index (χ1) is 10.3. The number of nitrogens with one attached hydrogen (secondary N) is 2. The molecule has 0 saturated heterocycles. The number of benzene rings is 1. The number of esters is 1. The largest absolute Gasteiger partial charge is 0.507 e. The molecule has 22 heavy (non-hydrogen) atoms. The Morgan fingerprint density at radius 1 is 1.32 bits per heavy atom. The van der Waals surface area contributed by atoms with Crippen molar-refractivity contribution in [2.45, 2.75) is 33.2 Å². The minimum absolute atomic E-state index is 0.0307. The molecule has 1 rings (SSSR count). The van der Waals surface area contributed by atoms with Crippen molar-refractivity contribution < 1.29 is 24.2 Å². The molecule has 7 heteroatoms. The van der Waals surface area contributed by atoms with E-state index >= 15 is 0 Å². The number of aryl methyl sites for hydroxylation is 1. The van der Waals surface area contributed by atoms with Crippen molar-refractivity contribution in [2.75, 3.05) is 6.61 Å². The molecule has 1 atom stereocenters. The molecule has 0 unspecified atom stereocenters. The minimum atomic E-state index is -0.835. The molecule has 0 radical (unpaired) electrons. The first-order valence-electron chi connectivity index (χ1n) is 6.91. The van der Waals surface area contributed by atoms with Crippen molar-refractivity contribution in [1.82, 2.24) is 10.6 Å². The number of phenolic OH excluding ortho intramolecular Hbond substituents is 1. The van der Waals surface area contributed by atoms with Gasteiger partial charge < -0.3 is 15.2 Å². The molecule has 0 aliphatic heterocycles. The van der Waals surface area contributed by atoms with E-state index in [1.54, 1.807) is 26.0 Å². The average Bonchev–Trinajstić information content (AvgIpc) is 2.47. The van der Waals surface area contributed by atoms with Crippen molar-refractivity contribution in [1.29, 1.82) is 0 Å². The van der Waals surface area contributed by atoms with Crippen LogP contribution in [0.4, 0.5) is 4.79 Å². The van der Waals surface area contributed by atoms with Gasteiger partial charge in [0.1, 0.15) is 11.3 Å². The van der Waals surface area contributed by atoms with E-state index in [-0.39, 0.29) is 17.4 Å². The number of hydrogen-bond donors (Lipinski definition) is 3. The van der Waals surface area contributed by atoms with Crippen LogP contribution in [0.2, 0.25) is 0 Å². The molecule has 0 aliphatic carbocycles. The van der Waals surface area contributed by atoms with Gasteiger partial charge in [-0.1, -0.05) is 19.1 Å². The second kappa shape index (κ2) is 8.02. The molecule has 1 aromatic carbocycles. The normalized spacial score (nSPS) is 11.4. The third kappa shape index (κ3) is 5.08. The molecule has 0 aromatic heterocycles. The lowest BCUT2D eigenvalue weighted by Crippen LogP contribution is -2.44. The maximum absolute atomic E-state index is 11.8. The summed E-state index contributed by atoms with van der Waals surface area (Å²) in [4.78, 5) is 34.7. The van der Waals surface area contributed by atoms with Crippen molar-refractivity contribution in [3.63, 3.8) is 0 Å². The van der Waals surface area contributed by atoms with Gasteiger partial charge in [-0.2, -0.15) is 0 Å². The zero-order chi connectivity index (χ0) is 16.7. The number of imide groups is 1. The van der Waals surface area contributed by atoms with E-state index < -0.39 is 24.5 Å². The van der Waals surface area contributed by atoms with Gasteiger partial charge in [0.15, 0.2) is 6.61 Å². The second-order valence-corrected chi connectivity index (χ2v) is 4.88. The van der Waals surface area contributed by atoms with Crippen molar-refractivity contribution in [3.8, 4) is 5.75 Å². The van der Waals surface area contributed by atoms with Gasteiger partial charge in [-0.25, -0.2) is 9.59 Å². The Morgan fingerprint density at radius 3 is 2.64 bits per heavy atom. The summed E-state index contributed by atoms with van der Waals surface area (Å²) in [6, 6.07) is 3.90. The van der Waals surface area contributed by atoms with Crippen LogP contribution in [0.3, 0.4) is 0 Å². The Morgan fingerprint density at radius 2 is 2.00 bits per heavy atom. The van der Waals surface area contributed by atoms with Gasteiger partial charge >= 0.3 is 12.0 Å². The molecule has 0 heterocycles. The number of amides is 3. The van der Waals surface area contributed by atoms with Crippen LogP contribution in [0, 0.1) is 6.92 Å². The quantitative estimate of drug-likeness (QED) is 0.715. The average molecular weight is 308 g/mol. The fourth-order valence-corrected chi connectivity index (χ4v) is 1.56. The fraction of sp³-hybridized carbons (Fsp3) is 0.400. The van der Waals surface area contributed by atoms with Gasteiger partial charge in [-0.05, 0) is 31.9 Å². The lowest BCUT2D eigenvalue weighted by molar-refractivity contribution is -0.123. The Bertz CT molecular complexity index is 571. The summed E-state index contributed by atoms with van der Waals surface area (Å²) < 4.78 is 4.77. The van der Waals surface area contributed by atoms with Crippen LogP contribution in [-0.4, -0.2) is 35.7 Å². The highest BCUT2D eigenvalue weighted by molar-refractivity contribution is 5.97. The van der Waals surface area contributed by atoms with Crippen molar-refractivity contribution in [2.24, 2.45) is 0 Å². The Balaban J connectivity index is 2.49. The number of phenols is 1. The molecular formula is C15H20N2O5. The summed E-state index contributed by atoms with van der Waals surface area (Å²) in [5, 5.41) is 14.3. The number of carbonyl (C=O) groups excluding carboxylic acids is 3. The molecule has 0 spiro atoms. The summed E-state index contributed by atoms with van der Waals surface area (Å²) in [7, 11) is 0. The highest BCUT2D eigenvalue weighted by Gasteiger charge is 2.16. The maximum atomic E-state index is 11.8. The Labute approximate surface area is 128 Å². The molecule has 1 aromatic rings. The number of para-hydroxylation sites is 1. The van der Waals surface area contributed by atoms with E-state index in [4.69, 9.17) is 4.74 Å². The van der Waals surface area contributed by atoms with Crippen LogP contribution in [-0.2, 0) is 9.53 Å². The van der Waals surface area contributed by atoms with Gasteiger partial charge in [0, 0.05) is 6.04 Å². The number of carbonyl (C=O) groups is 3. The standard InChI is InChI=1S/C15H20N2O5/c1-4-10(3)16-15(21)17-12(18)8-22-14(20)11-7-5-6-9(2)13(11)19/h5-7,10,19H,4,8H2,1-3H3,(H2,16,17,18,21)/t10-/m1/s1. The number of hydrogen-bond acceptors (Lipinski definition) is 5. The van der Waals surface area contributed by atoms with E-state index in [0.717, 1.165) is 6.42 Å². The Kier molecular flexibility index (Phi) is 6.37. The molecule has 0 aliphatic rings. The van der Waals surface area contributed by atoms with Crippen LogP contribution in [0.15, 0.2) is 18.2 Å². The minimum Gasteiger partial charge on any atom is -0.507 e. The van der Waals surface area contributed by atoms with Gasteiger partial charge in [-0.3, -0.25) is 10.1 Å². The van der Waals surface area contributed by atoms with Crippen LogP contribution >= 0.6 is 0 Å². The lowest BCUT2D eigenvalue weighted by Gasteiger charge is -2.12. The van der Waals surface area contributed by atoms with Crippen LogP contribution in [0.5, 0.6) is 5.75 Å². The zero-order valence-corrected chi connectivity index (χ0v) is 12.8. The second-order valence-electron chi connectivity index (χ2n) is 4.88. The van der Waals surface area contributed by atoms with Gasteiger partial charge in [0.25, 0.3) is 5.91 Å². The third-order valence-corrected chi connectivity index (χ3v) is 3.03. The van der Waals surface area contributed by atoms with Crippen molar-refractivity contribution in [3.05, 3.63) is 29.3 Å². The van der Waals surface area contributed by atoms with E-state index in [1.165, 1.54) is 6.07 Å². The van der Waals surface area contributed by atoms with E-state index in [1.807, 2.05) is 12.2 Å². The monoisotopic (exact) mass is 308 g/mol. The summed E-state index contributed by atoms with van der Waals surface area (Å²) >= 11 is 0.